The van der Waals surface area contributed by atoms with Crippen molar-refractivity contribution >= 4 is 5.96 Å². The van der Waals surface area contributed by atoms with Crippen LogP contribution in [-0.2, 0) is 4.74 Å². The Balaban J connectivity index is 1.69. The molecule has 0 amide bonds. The van der Waals surface area contributed by atoms with Crippen LogP contribution < -0.4 is 5.73 Å². The van der Waals surface area contributed by atoms with Crippen LogP contribution in [0.3, 0.4) is 0 Å². The second-order valence-electron chi connectivity index (χ2n) is 6.45. The van der Waals surface area contributed by atoms with Gasteiger partial charge in [0.05, 0.1) is 12.1 Å². The number of piperidine rings is 1. The topological polar surface area (TPSA) is 68.7 Å². The fourth-order valence-electron chi connectivity index (χ4n) is 3.53. The summed E-state index contributed by atoms with van der Waals surface area (Å²) in [5.74, 6) is 1.38. The summed E-state index contributed by atoms with van der Waals surface area (Å²) in [6.07, 6.45) is 7.38. The number of aromatic nitrogens is 2. The van der Waals surface area contributed by atoms with Gasteiger partial charge in [-0.2, -0.15) is 5.10 Å². The summed E-state index contributed by atoms with van der Waals surface area (Å²) in [5.41, 5.74) is 6.26. The third-order valence-electron chi connectivity index (χ3n) is 4.74. The maximum Gasteiger partial charge on any atom is 0.191 e. The number of nitrogens with zero attached hydrogens (tertiary/aromatic N) is 4. The van der Waals surface area contributed by atoms with Gasteiger partial charge in [-0.15, -0.1) is 0 Å². The standard InChI is InChI=1S/C16H27N5O/c1-3-22-14-10-13(15(14)21-9-5-7-18-21)19-16(17)20-8-4-6-12(2)11-20/h5,7,9,12-15H,3-4,6,8,10-11H2,1-2H3,(H2,17,19). The molecule has 1 aliphatic heterocycles. The van der Waals surface area contributed by atoms with Crippen LogP contribution in [-0.4, -0.2) is 52.5 Å². The molecule has 4 unspecified atom stereocenters. The second-order valence-corrected chi connectivity index (χ2v) is 6.45. The molecule has 22 heavy (non-hydrogen) atoms. The second kappa shape index (κ2) is 6.69. The van der Waals surface area contributed by atoms with E-state index in [0.717, 1.165) is 26.1 Å². The van der Waals surface area contributed by atoms with Gasteiger partial charge in [0.25, 0.3) is 0 Å². The highest BCUT2D eigenvalue weighted by molar-refractivity contribution is 5.78. The Bertz CT molecular complexity index is 501. The molecule has 0 radical (unpaired) electrons. The number of hydrogen-bond acceptors (Lipinski definition) is 3. The Morgan fingerprint density at radius 2 is 2.36 bits per heavy atom. The minimum atomic E-state index is 0.161. The SMILES string of the molecule is CCOC1CC(N=C(N)N2CCCC(C)C2)C1n1cccn1. The molecule has 6 nitrogen and oxygen atoms in total. The number of nitrogens with two attached hydrogens (primary N) is 1. The quantitative estimate of drug-likeness (QED) is 0.678. The maximum absolute atomic E-state index is 6.26. The summed E-state index contributed by atoms with van der Waals surface area (Å²) < 4.78 is 7.77. The summed E-state index contributed by atoms with van der Waals surface area (Å²) in [4.78, 5) is 7.01. The van der Waals surface area contributed by atoms with E-state index in [2.05, 4.69) is 16.9 Å². The highest BCUT2D eigenvalue weighted by atomic mass is 16.5. The lowest BCUT2D eigenvalue weighted by atomic mass is 9.83. The molecule has 3 rings (SSSR count). The van der Waals surface area contributed by atoms with Gasteiger partial charge in [-0.05, 0) is 31.7 Å². The molecule has 2 fully saturated rings. The lowest BCUT2D eigenvalue weighted by Gasteiger charge is -2.42. The van der Waals surface area contributed by atoms with Crippen molar-refractivity contribution in [3.63, 3.8) is 0 Å². The zero-order valence-corrected chi connectivity index (χ0v) is 13.6. The lowest BCUT2D eigenvalue weighted by molar-refractivity contribution is -0.0507. The molecule has 0 aromatic carbocycles. The van der Waals surface area contributed by atoms with E-state index in [4.69, 9.17) is 15.5 Å². The van der Waals surface area contributed by atoms with E-state index >= 15 is 0 Å². The first kappa shape index (κ1) is 15.3. The minimum absolute atomic E-state index is 0.161. The van der Waals surface area contributed by atoms with Crippen molar-refractivity contribution in [3.05, 3.63) is 18.5 Å². The van der Waals surface area contributed by atoms with Gasteiger partial charge in [0.15, 0.2) is 5.96 Å². The van der Waals surface area contributed by atoms with Gasteiger partial charge >= 0.3 is 0 Å². The van der Waals surface area contributed by atoms with Gasteiger partial charge in [0.2, 0.25) is 0 Å². The fourth-order valence-corrected chi connectivity index (χ4v) is 3.53. The van der Waals surface area contributed by atoms with E-state index in [-0.39, 0.29) is 18.2 Å². The lowest BCUT2D eigenvalue weighted by Crippen LogP contribution is -2.50. The Hall–Kier alpha value is -1.56. The first-order chi connectivity index (χ1) is 10.7. The predicted octanol–water partition coefficient (Wildman–Crippen LogP) is 1.65. The Kier molecular flexibility index (Phi) is 4.66. The minimum Gasteiger partial charge on any atom is -0.376 e. The smallest absolute Gasteiger partial charge is 0.191 e. The van der Waals surface area contributed by atoms with Crippen molar-refractivity contribution in [2.45, 2.75) is 51.3 Å². The summed E-state index contributed by atoms with van der Waals surface area (Å²) in [7, 11) is 0. The first-order valence-electron chi connectivity index (χ1n) is 8.38. The van der Waals surface area contributed by atoms with Gasteiger partial charge in [-0.25, -0.2) is 4.99 Å². The van der Waals surface area contributed by atoms with E-state index in [1.165, 1.54) is 12.8 Å². The van der Waals surface area contributed by atoms with Gasteiger partial charge in [0, 0.05) is 38.5 Å². The van der Waals surface area contributed by atoms with Crippen molar-refractivity contribution in [3.8, 4) is 0 Å². The number of rotatable bonds is 4. The first-order valence-corrected chi connectivity index (χ1v) is 8.38. The molecular formula is C16H27N5O. The van der Waals surface area contributed by atoms with Crippen LogP contribution in [0, 0.1) is 5.92 Å². The number of aliphatic imine (C=N–C) groups is 1. The van der Waals surface area contributed by atoms with E-state index in [9.17, 15) is 0 Å². The van der Waals surface area contributed by atoms with Gasteiger partial charge in [-0.1, -0.05) is 6.92 Å². The molecule has 6 heteroatoms. The van der Waals surface area contributed by atoms with Gasteiger partial charge < -0.3 is 15.4 Å². The van der Waals surface area contributed by atoms with Gasteiger partial charge in [-0.3, -0.25) is 4.68 Å². The molecule has 2 heterocycles. The van der Waals surface area contributed by atoms with E-state index < -0.39 is 0 Å². The molecule has 2 aliphatic rings. The maximum atomic E-state index is 6.26. The molecule has 0 bridgehead atoms. The molecule has 1 aromatic heterocycles. The normalized spacial score (nSPS) is 32.8. The zero-order chi connectivity index (χ0) is 15.5. The molecule has 1 aromatic rings. The van der Waals surface area contributed by atoms with E-state index in [1.54, 1.807) is 6.20 Å². The van der Waals surface area contributed by atoms with Crippen LogP contribution in [0.4, 0.5) is 0 Å². The summed E-state index contributed by atoms with van der Waals surface area (Å²) in [6, 6.07) is 2.27. The average molecular weight is 305 g/mol. The Morgan fingerprint density at radius 1 is 1.50 bits per heavy atom. The highest BCUT2D eigenvalue weighted by Gasteiger charge is 2.44. The van der Waals surface area contributed by atoms with Crippen LogP contribution in [0.15, 0.2) is 23.5 Å². The molecule has 1 saturated carbocycles. The van der Waals surface area contributed by atoms with Crippen molar-refractivity contribution < 1.29 is 4.74 Å². The zero-order valence-electron chi connectivity index (χ0n) is 13.6. The molecule has 2 N–H and O–H groups in total. The van der Waals surface area contributed by atoms with E-state index in [0.29, 0.717) is 11.9 Å². The van der Waals surface area contributed by atoms with Crippen LogP contribution in [0.25, 0.3) is 0 Å². The largest absolute Gasteiger partial charge is 0.376 e. The summed E-state index contributed by atoms with van der Waals surface area (Å²) >= 11 is 0. The van der Waals surface area contributed by atoms with Crippen molar-refractivity contribution in [1.82, 2.24) is 14.7 Å². The predicted molar refractivity (Wildman–Crippen MR) is 86.7 cm³/mol. The number of likely N-dealkylation sites (tertiary alicyclic amines) is 1. The number of hydrogen-bond donors (Lipinski definition) is 1. The fraction of sp³-hybridized carbons (Fsp3) is 0.750. The number of ether oxygens (including phenoxy) is 1. The van der Waals surface area contributed by atoms with Crippen LogP contribution in [0.1, 0.15) is 39.2 Å². The van der Waals surface area contributed by atoms with E-state index in [1.807, 2.05) is 23.9 Å². The Labute approximate surface area is 132 Å². The molecule has 0 spiro atoms. The van der Waals surface area contributed by atoms with Crippen LogP contribution >= 0.6 is 0 Å². The number of guanidine groups is 1. The van der Waals surface area contributed by atoms with Crippen molar-refractivity contribution in [2.24, 2.45) is 16.6 Å². The highest BCUT2D eigenvalue weighted by Crippen LogP contribution is 2.37. The van der Waals surface area contributed by atoms with Crippen molar-refractivity contribution in [1.29, 1.82) is 0 Å². The van der Waals surface area contributed by atoms with Gasteiger partial charge in [0.1, 0.15) is 6.04 Å². The molecular weight excluding hydrogens is 278 g/mol. The average Bonchev–Trinajstić information content (AvgIpc) is 2.99. The third-order valence-corrected chi connectivity index (χ3v) is 4.74. The monoisotopic (exact) mass is 305 g/mol. The molecule has 4 atom stereocenters. The van der Waals surface area contributed by atoms with Crippen molar-refractivity contribution in [2.75, 3.05) is 19.7 Å². The summed E-state index contributed by atoms with van der Waals surface area (Å²) in [6.45, 7) is 7.07. The van der Waals surface area contributed by atoms with Crippen LogP contribution in [0.2, 0.25) is 0 Å². The molecule has 122 valence electrons. The molecule has 1 aliphatic carbocycles. The third kappa shape index (κ3) is 3.11. The summed E-state index contributed by atoms with van der Waals surface area (Å²) in [5, 5.41) is 4.37. The van der Waals surface area contributed by atoms with Crippen LogP contribution in [0.5, 0.6) is 0 Å². The Morgan fingerprint density at radius 3 is 3.05 bits per heavy atom. The molecule has 1 saturated heterocycles.